The highest BCUT2D eigenvalue weighted by atomic mass is 32.1. The second kappa shape index (κ2) is 5.17. The summed E-state index contributed by atoms with van der Waals surface area (Å²) in [5, 5.41) is 17.0. The molecule has 1 aliphatic carbocycles. The zero-order valence-corrected chi connectivity index (χ0v) is 10.8. The van der Waals surface area contributed by atoms with Gasteiger partial charge >= 0.3 is 0 Å². The SMILES string of the molecule is OCCN(Cc1noc(-c2ccsc2)n1)C1CC1. The Kier molecular flexibility index (Phi) is 3.40. The zero-order valence-electron chi connectivity index (χ0n) is 9.95. The van der Waals surface area contributed by atoms with Crippen molar-refractivity contribution >= 4 is 11.3 Å². The van der Waals surface area contributed by atoms with Crippen molar-refractivity contribution in [1.82, 2.24) is 15.0 Å². The maximum Gasteiger partial charge on any atom is 0.258 e. The molecule has 2 aromatic heterocycles. The molecule has 0 radical (unpaired) electrons. The van der Waals surface area contributed by atoms with Crippen molar-refractivity contribution in [1.29, 1.82) is 0 Å². The van der Waals surface area contributed by atoms with Crippen LogP contribution in [0.2, 0.25) is 0 Å². The predicted molar refractivity (Wildman–Crippen MR) is 68.1 cm³/mol. The van der Waals surface area contributed by atoms with E-state index in [1.165, 1.54) is 12.8 Å². The molecule has 2 heterocycles. The van der Waals surface area contributed by atoms with Gasteiger partial charge in [0.1, 0.15) is 0 Å². The summed E-state index contributed by atoms with van der Waals surface area (Å²) in [5.41, 5.74) is 0.971. The highest BCUT2D eigenvalue weighted by Gasteiger charge is 2.29. The van der Waals surface area contributed by atoms with E-state index in [1.807, 2.05) is 16.8 Å². The average Bonchev–Trinajstić information content (AvgIpc) is 2.90. The summed E-state index contributed by atoms with van der Waals surface area (Å²) in [6.45, 7) is 1.50. The molecule has 0 spiro atoms. The number of aliphatic hydroxyl groups is 1. The summed E-state index contributed by atoms with van der Waals surface area (Å²) in [6, 6.07) is 2.55. The van der Waals surface area contributed by atoms with Crippen molar-refractivity contribution in [3.05, 3.63) is 22.7 Å². The van der Waals surface area contributed by atoms with Crippen molar-refractivity contribution in [2.24, 2.45) is 0 Å². The third-order valence-electron chi connectivity index (χ3n) is 3.03. The molecule has 1 saturated carbocycles. The second-order valence-corrected chi connectivity index (χ2v) is 5.23. The molecule has 0 unspecified atom stereocenters. The van der Waals surface area contributed by atoms with Gasteiger partial charge in [-0.05, 0) is 24.3 Å². The molecule has 1 N–H and O–H groups in total. The van der Waals surface area contributed by atoms with E-state index in [4.69, 9.17) is 9.63 Å². The first-order valence-corrected chi connectivity index (χ1v) is 7.01. The number of rotatable bonds is 6. The van der Waals surface area contributed by atoms with Gasteiger partial charge in [0.05, 0.1) is 18.7 Å². The van der Waals surface area contributed by atoms with Gasteiger partial charge in [0.2, 0.25) is 0 Å². The first kappa shape index (κ1) is 11.8. The van der Waals surface area contributed by atoms with Gasteiger partial charge < -0.3 is 9.63 Å². The topological polar surface area (TPSA) is 62.4 Å². The number of aromatic nitrogens is 2. The summed E-state index contributed by atoms with van der Waals surface area (Å²) in [5.74, 6) is 1.27. The highest BCUT2D eigenvalue weighted by Crippen LogP contribution is 2.28. The van der Waals surface area contributed by atoms with Gasteiger partial charge in [0, 0.05) is 18.0 Å². The Morgan fingerprint density at radius 2 is 2.39 bits per heavy atom. The Hall–Kier alpha value is -1.24. The van der Waals surface area contributed by atoms with E-state index in [0.717, 1.165) is 5.56 Å². The van der Waals surface area contributed by atoms with Crippen LogP contribution in [0, 0.1) is 0 Å². The van der Waals surface area contributed by atoms with E-state index in [2.05, 4.69) is 15.0 Å². The molecule has 0 atom stereocenters. The Morgan fingerprint density at radius 1 is 1.50 bits per heavy atom. The van der Waals surface area contributed by atoms with E-state index in [1.54, 1.807) is 11.3 Å². The van der Waals surface area contributed by atoms with Crippen LogP contribution < -0.4 is 0 Å². The molecule has 3 rings (SSSR count). The molecule has 0 amide bonds. The second-order valence-electron chi connectivity index (χ2n) is 4.45. The number of aliphatic hydroxyl groups excluding tert-OH is 1. The lowest BCUT2D eigenvalue weighted by molar-refractivity contribution is 0.179. The molecule has 0 bridgehead atoms. The van der Waals surface area contributed by atoms with Crippen LogP contribution in [0.4, 0.5) is 0 Å². The van der Waals surface area contributed by atoms with E-state index in [0.29, 0.717) is 30.8 Å². The molecule has 5 nitrogen and oxygen atoms in total. The molecular formula is C12H15N3O2S. The summed E-state index contributed by atoms with van der Waals surface area (Å²) in [4.78, 5) is 6.60. The fourth-order valence-corrected chi connectivity index (χ4v) is 2.59. The maximum absolute atomic E-state index is 9.04. The first-order chi connectivity index (χ1) is 8.86. The van der Waals surface area contributed by atoms with Crippen LogP contribution in [0.15, 0.2) is 21.3 Å². The van der Waals surface area contributed by atoms with Gasteiger partial charge in [0.15, 0.2) is 5.82 Å². The van der Waals surface area contributed by atoms with E-state index in [9.17, 15) is 0 Å². The standard InChI is InChI=1S/C12H15N3O2S/c16-5-4-15(10-1-2-10)7-11-13-12(17-14-11)9-3-6-18-8-9/h3,6,8,10,16H,1-2,4-5,7H2. The summed E-state index contributed by atoms with van der Waals surface area (Å²) in [7, 11) is 0. The van der Waals surface area contributed by atoms with Crippen molar-refractivity contribution in [3.8, 4) is 11.5 Å². The van der Waals surface area contributed by atoms with Gasteiger partial charge in [-0.15, -0.1) is 0 Å². The third-order valence-corrected chi connectivity index (χ3v) is 3.71. The number of thiophene rings is 1. The predicted octanol–water partition coefficient (Wildman–Crippen LogP) is 1.75. The molecular weight excluding hydrogens is 250 g/mol. The molecule has 0 aliphatic heterocycles. The minimum absolute atomic E-state index is 0.172. The summed E-state index contributed by atoms with van der Waals surface area (Å²) >= 11 is 1.61. The van der Waals surface area contributed by atoms with Crippen molar-refractivity contribution in [2.45, 2.75) is 25.4 Å². The number of hydrogen-bond donors (Lipinski definition) is 1. The molecule has 1 fully saturated rings. The summed E-state index contributed by atoms with van der Waals surface area (Å²) < 4.78 is 5.24. The van der Waals surface area contributed by atoms with Crippen molar-refractivity contribution in [3.63, 3.8) is 0 Å². The van der Waals surface area contributed by atoms with Gasteiger partial charge in [-0.2, -0.15) is 16.3 Å². The Balaban J connectivity index is 1.69. The number of nitrogens with zero attached hydrogens (tertiary/aromatic N) is 3. The normalized spacial score (nSPS) is 15.4. The minimum atomic E-state index is 0.172. The van der Waals surface area contributed by atoms with Crippen LogP contribution >= 0.6 is 11.3 Å². The van der Waals surface area contributed by atoms with E-state index >= 15 is 0 Å². The largest absolute Gasteiger partial charge is 0.395 e. The lowest BCUT2D eigenvalue weighted by Crippen LogP contribution is -2.29. The quantitative estimate of drug-likeness (QED) is 0.862. The van der Waals surface area contributed by atoms with Crippen LogP contribution in [-0.4, -0.2) is 39.3 Å². The minimum Gasteiger partial charge on any atom is -0.395 e. The van der Waals surface area contributed by atoms with Crippen molar-refractivity contribution < 1.29 is 9.63 Å². The van der Waals surface area contributed by atoms with Crippen LogP contribution in [0.3, 0.4) is 0 Å². The fraction of sp³-hybridized carbons (Fsp3) is 0.500. The maximum atomic E-state index is 9.04. The molecule has 0 aromatic carbocycles. The molecule has 96 valence electrons. The summed E-state index contributed by atoms with van der Waals surface area (Å²) in [6.07, 6.45) is 2.41. The van der Waals surface area contributed by atoms with E-state index in [-0.39, 0.29) is 6.61 Å². The van der Waals surface area contributed by atoms with Crippen LogP contribution in [0.25, 0.3) is 11.5 Å². The monoisotopic (exact) mass is 265 g/mol. The molecule has 1 aliphatic rings. The van der Waals surface area contributed by atoms with Gasteiger partial charge in [-0.3, -0.25) is 4.90 Å². The average molecular weight is 265 g/mol. The van der Waals surface area contributed by atoms with E-state index < -0.39 is 0 Å². The smallest absolute Gasteiger partial charge is 0.258 e. The molecule has 2 aromatic rings. The first-order valence-electron chi connectivity index (χ1n) is 6.07. The van der Waals surface area contributed by atoms with Crippen LogP contribution in [0.1, 0.15) is 18.7 Å². The van der Waals surface area contributed by atoms with Crippen molar-refractivity contribution in [2.75, 3.05) is 13.2 Å². The molecule has 6 heteroatoms. The highest BCUT2D eigenvalue weighted by molar-refractivity contribution is 7.08. The fourth-order valence-electron chi connectivity index (χ4n) is 1.96. The lowest BCUT2D eigenvalue weighted by atomic mass is 10.3. The van der Waals surface area contributed by atoms with Gasteiger partial charge in [-0.1, -0.05) is 5.16 Å². The molecule has 18 heavy (non-hydrogen) atoms. The van der Waals surface area contributed by atoms with Gasteiger partial charge in [0.25, 0.3) is 5.89 Å². The zero-order chi connectivity index (χ0) is 12.4. The lowest BCUT2D eigenvalue weighted by Gasteiger charge is -2.18. The van der Waals surface area contributed by atoms with Gasteiger partial charge in [-0.25, -0.2) is 0 Å². The van der Waals surface area contributed by atoms with Crippen LogP contribution in [-0.2, 0) is 6.54 Å². The third kappa shape index (κ3) is 2.60. The number of hydrogen-bond acceptors (Lipinski definition) is 6. The molecule has 0 saturated heterocycles. The Morgan fingerprint density at radius 3 is 3.06 bits per heavy atom. The van der Waals surface area contributed by atoms with Crippen LogP contribution in [0.5, 0.6) is 0 Å². The Bertz CT molecular complexity index is 493. The Labute approximate surface area is 109 Å².